The van der Waals surface area contributed by atoms with Crippen molar-refractivity contribution in [1.29, 1.82) is 0 Å². The highest BCUT2D eigenvalue weighted by Gasteiger charge is 2.29. The third kappa shape index (κ3) is 6.16. The molecule has 0 aliphatic carbocycles. The van der Waals surface area contributed by atoms with Gasteiger partial charge in [-0.05, 0) is 24.8 Å². The van der Waals surface area contributed by atoms with Crippen LogP contribution in [0.1, 0.15) is 38.7 Å². The number of methoxy groups -OCH3 is 1. The number of nitrogens with one attached hydrogen (secondary N) is 1. The minimum absolute atomic E-state index is 0.142. The van der Waals surface area contributed by atoms with Crippen molar-refractivity contribution in [2.24, 2.45) is 0 Å². The van der Waals surface area contributed by atoms with Crippen LogP contribution in [-0.2, 0) is 14.9 Å². The molecular weight excluding hydrogens is 262 g/mol. The Hall–Kier alpha value is -0.900. The van der Waals surface area contributed by atoms with Gasteiger partial charge in [0.15, 0.2) is 0 Å². The van der Waals surface area contributed by atoms with E-state index in [-0.39, 0.29) is 5.41 Å². The number of hydrogen-bond donors (Lipinski definition) is 1. The summed E-state index contributed by atoms with van der Waals surface area (Å²) < 4.78 is 10.9. The van der Waals surface area contributed by atoms with Gasteiger partial charge in [-0.15, -0.1) is 0 Å². The second kappa shape index (κ2) is 10.8. The normalized spacial score (nSPS) is 14.0. The van der Waals surface area contributed by atoms with Gasteiger partial charge in [0, 0.05) is 38.8 Å². The Morgan fingerprint density at radius 2 is 1.81 bits per heavy atom. The molecule has 3 nitrogen and oxygen atoms in total. The Labute approximate surface area is 130 Å². The molecule has 1 unspecified atom stereocenters. The van der Waals surface area contributed by atoms with Crippen molar-refractivity contribution in [2.45, 2.75) is 38.5 Å². The second-order valence-electron chi connectivity index (χ2n) is 5.53. The van der Waals surface area contributed by atoms with Crippen molar-refractivity contribution in [3.05, 3.63) is 35.9 Å². The third-order valence-corrected chi connectivity index (χ3v) is 4.08. The quantitative estimate of drug-likeness (QED) is 0.599. The van der Waals surface area contributed by atoms with Crippen molar-refractivity contribution in [2.75, 3.05) is 40.0 Å². The minimum atomic E-state index is 0.142. The molecule has 0 heterocycles. The summed E-state index contributed by atoms with van der Waals surface area (Å²) in [6, 6.07) is 10.8. The molecule has 1 rings (SSSR count). The van der Waals surface area contributed by atoms with Crippen molar-refractivity contribution in [3.63, 3.8) is 0 Å². The van der Waals surface area contributed by atoms with Crippen LogP contribution in [0.15, 0.2) is 30.3 Å². The molecule has 0 spiro atoms. The van der Waals surface area contributed by atoms with Gasteiger partial charge in [-0.2, -0.15) is 0 Å². The van der Waals surface area contributed by atoms with Gasteiger partial charge in [-0.3, -0.25) is 0 Å². The molecule has 3 heteroatoms. The fourth-order valence-electron chi connectivity index (χ4n) is 2.65. The monoisotopic (exact) mass is 293 g/mol. The SMILES string of the molecule is CCCOCCC(CC)(CNCCOC)c1ccccc1. The molecule has 0 amide bonds. The largest absolute Gasteiger partial charge is 0.383 e. The maximum Gasteiger partial charge on any atom is 0.0587 e. The van der Waals surface area contributed by atoms with Gasteiger partial charge in [0.05, 0.1) is 6.61 Å². The van der Waals surface area contributed by atoms with Crippen molar-refractivity contribution in [1.82, 2.24) is 5.32 Å². The first-order valence-corrected chi connectivity index (χ1v) is 8.12. The Bertz CT molecular complexity index is 341. The van der Waals surface area contributed by atoms with E-state index in [4.69, 9.17) is 9.47 Å². The Kier molecular flexibility index (Phi) is 9.31. The summed E-state index contributed by atoms with van der Waals surface area (Å²) in [5.74, 6) is 0. The van der Waals surface area contributed by atoms with Gasteiger partial charge in [-0.1, -0.05) is 44.2 Å². The molecule has 0 fully saturated rings. The molecule has 120 valence electrons. The van der Waals surface area contributed by atoms with Crippen LogP contribution >= 0.6 is 0 Å². The molecule has 0 radical (unpaired) electrons. The van der Waals surface area contributed by atoms with E-state index >= 15 is 0 Å². The molecule has 1 atom stereocenters. The lowest BCUT2D eigenvalue weighted by atomic mass is 9.75. The van der Waals surface area contributed by atoms with Gasteiger partial charge in [0.25, 0.3) is 0 Å². The average molecular weight is 293 g/mol. The number of hydrogen-bond acceptors (Lipinski definition) is 3. The number of rotatable bonds is 12. The first-order valence-electron chi connectivity index (χ1n) is 8.12. The molecular formula is C18H31NO2. The van der Waals surface area contributed by atoms with E-state index in [0.717, 1.165) is 52.2 Å². The highest BCUT2D eigenvalue weighted by Crippen LogP contribution is 2.31. The summed E-state index contributed by atoms with van der Waals surface area (Å²) in [5.41, 5.74) is 1.54. The predicted molar refractivity (Wildman–Crippen MR) is 88.9 cm³/mol. The van der Waals surface area contributed by atoms with Crippen molar-refractivity contribution in [3.8, 4) is 0 Å². The van der Waals surface area contributed by atoms with E-state index < -0.39 is 0 Å². The second-order valence-corrected chi connectivity index (χ2v) is 5.53. The van der Waals surface area contributed by atoms with Crippen LogP contribution in [0.5, 0.6) is 0 Å². The highest BCUT2D eigenvalue weighted by atomic mass is 16.5. The van der Waals surface area contributed by atoms with E-state index in [1.165, 1.54) is 5.56 Å². The Morgan fingerprint density at radius 3 is 2.43 bits per heavy atom. The molecule has 0 saturated heterocycles. The maximum atomic E-state index is 5.74. The number of benzene rings is 1. The molecule has 0 aliphatic heterocycles. The lowest BCUT2D eigenvalue weighted by Gasteiger charge is -2.34. The summed E-state index contributed by atoms with van der Waals surface area (Å²) in [6.45, 7) is 8.70. The van der Waals surface area contributed by atoms with Gasteiger partial charge < -0.3 is 14.8 Å². The van der Waals surface area contributed by atoms with Crippen LogP contribution in [0.3, 0.4) is 0 Å². The van der Waals surface area contributed by atoms with Gasteiger partial charge in [0.1, 0.15) is 0 Å². The van der Waals surface area contributed by atoms with E-state index in [0.29, 0.717) is 0 Å². The zero-order valence-electron chi connectivity index (χ0n) is 13.9. The molecule has 0 aromatic heterocycles. The van der Waals surface area contributed by atoms with Crippen LogP contribution in [0.25, 0.3) is 0 Å². The molecule has 21 heavy (non-hydrogen) atoms. The molecule has 0 bridgehead atoms. The third-order valence-electron chi connectivity index (χ3n) is 4.08. The molecule has 1 aromatic rings. The fourth-order valence-corrected chi connectivity index (χ4v) is 2.65. The van der Waals surface area contributed by atoms with Crippen molar-refractivity contribution >= 4 is 0 Å². The zero-order valence-corrected chi connectivity index (χ0v) is 13.9. The maximum absolute atomic E-state index is 5.74. The average Bonchev–Trinajstić information content (AvgIpc) is 2.54. The van der Waals surface area contributed by atoms with Crippen LogP contribution in [0, 0.1) is 0 Å². The zero-order chi connectivity index (χ0) is 15.4. The summed E-state index contributed by atoms with van der Waals surface area (Å²) in [5, 5.41) is 3.54. The van der Waals surface area contributed by atoms with Crippen molar-refractivity contribution < 1.29 is 9.47 Å². The summed E-state index contributed by atoms with van der Waals surface area (Å²) >= 11 is 0. The molecule has 0 saturated carbocycles. The summed E-state index contributed by atoms with van der Waals surface area (Å²) in [7, 11) is 1.74. The van der Waals surface area contributed by atoms with Crippen LogP contribution in [-0.4, -0.2) is 40.0 Å². The van der Waals surface area contributed by atoms with Crippen LogP contribution in [0.4, 0.5) is 0 Å². The topological polar surface area (TPSA) is 30.5 Å². The van der Waals surface area contributed by atoms with Crippen LogP contribution in [0.2, 0.25) is 0 Å². The van der Waals surface area contributed by atoms with E-state index in [1.54, 1.807) is 7.11 Å². The van der Waals surface area contributed by atoms with E-state index in [9.17, 15) is 0 Å². The van der Waals surface area contributed by atoms with Gasteiger partial charge >= 0.3 is 0 Å². The van der Waals surface area contributed by atoms with E-state index in [2.05, 4.69) is 49.5 Å². The van der Waals surface area contributed by atoms with Crippen LogP contribution < -0.4 is 5.32 Å². The van der Waals surface area contributed by atoms with Gasteiger partial charge in [0.2, 0.25) is 0 Å². The minimum Gasteiger partial charge on any atom is -0.383 e. The van der Waals surface area contributed by atoms with E-state index in [1.807, 2.05) is 0 Å². The lowest BCUT2D eigenvalue weighted by molar-refractivity contribution is 0.111. The fraction of sp³-hybridized carbons (Fsp3) is 0.667. The standard InChI is InChI=1S/C18H31NO2/c1-4-13-21-14-11-18(5-2,16-19-12-15-20-3)17-9-7-6-8-10-17/h6-10,19H,4-5,11-16H2,1-3H3. The first kappa shape index (κ1) is 18.1. The molecule has 1 aromatic carbocycles. The highest BCUT2D eigenvalue weighted by molar-refractivity contribution is 5.26. The summed E-state index contributed by atoms with van der Waals surface area (Å²) in [6.07, 6.45) is 3.23. The molecule has 1 N–H and O–H groups in total. The smallest absolute Gasteiger partial charge is 0.0587 e. The predicted octanol–water partition coefficient (Wildman–Crippen LogP) is 3.39. The lowest BCUT2D eigenvalue weighted by Crippen LogP contribution is -2.40. The Balaban J connectivity index is 2.70. The first-order chi connectivity index (χ1) is 10.3. The summed E-state index contributed by atoms with van der Waals surface area (Å²) in [4.78, 5) is 0. The number of ether oxygens (including phenoxy) is 2. The Morgan fingerprint density at radius 1 is 1.05 bits per heavy atom. The molecule has 0 aliphatic rings. The van der Waals surface area contributed by atoms with Gasteiger partial charge in [-0.25, -0.2) is 0 Å².